The standard InChI is InChI=1S/C12H16N2O4S/c1-3-18-10(15)7-4-5-8-9(6-7)19-11(13-8)14-12(16)17-2/h7H,3-6H2,1-2H3,(H,13,14,16). The molecule has 0 aliphatic heterocycles. The van der Waals surface area contributed by atoms with Gasteiger partial charge in [-0.3, -0.25) is 10.1 Å². The SMILES string of the molecule is CCOC(=O)C1CCc2nc(NC(=O)OC)sc2C1. The van der Waals surface area contributed by atoms with E-state index >= 15 is 0 Å². The van der Waals surface area contributed by atoms with Gasteiger partial charge in [0.1, 0.15) is 0 Å². The summed E-state index contributed by atoms with van der Waals surface area (Å²) < 4.78 is 9.56. The second kappa shape index (κ2) is 6.01. The molecule has 7 heteroatoms. The molecule has 1 aromatic heterocycles. The number of carbonyl (C=O) groups excluding carboxylic acids is 2. The Morgan fingerprint density at radius 2 is 2.32 bits per heavy atom. The Morgan fingerprint density at radius 1 is 1.53 bits per heavy atom. The third-order valence-corrected chi connectivity index (χ3v) is 3.99. The van der Waals surface area contributed by atoms with Crippen molar-refractivity contribution in [1.29, 1.82) is 0 Å². The van der Waals surface area contributed by atoms with Crippen molar-refractivity contribution >= 4 is 28.5 Å². The van der Waals surface area contributed by atoms with Crippen LogP contribution in [0.5, 0.6) is 0 Å². The third-order valence-electron chi connectivity index (χ3n) is 2.95. The zero-order chi connectivity index (χ0) is 13.8. The van der Waals surface area contributed by atoms with Crippen LogP contribution in [0.1, 0.15) is 23.9 Å². The highest BCUT2D eigenvalue weighted by Gasteiger charge is 2.28. The van der Waals surface area contributed by atoms with Crippen molar-refractivity contribution in [2.75, 3.05) is 19.0 Å². The highest BCUT2D eigenvalue weighted by atomic mass is 32.1. The molecule has 1 atom stereocenters. The van der Waals surface area contributed by atoms with E-state index in [-0.39, 0.29) is 11.9 Å². The maximum absolute atomic E-state index is 11.7. The molecule has 0 spiro atoms. The number of hydrogen-bond donors (Lipinski definition) is 1. The van der Waals surface area contributed by atoms with Crippen molar-refractivity contribution in [1.82, 2.24) is 4.98 Å². The Labute approximate surface area is 115 Å². The lowest BCUT2D eigenvalue weighted by Crippen LogP contribution is -2.24. The number of thiazole rings is 1. The predicted molar refractivity (Wildman–Crippen MR) is 70.3 cm³/mol. The lowest BCUT2D eigenvalue weighted by atomic mass is 9.91. The van der Waals surface area contributed by atoms with Crippen molar-refractivity contribution < 1.29 is 19.1 Å². The molecule has 0 fully saturated rings. The average molecular weight is 284 g/mol. The number of anilines is 1. The molecule has 0 saturated heterocycles. The summed E-state index contributed by atoms with van der Waals surface area (Å²) in [7, 11) is 1.31. The van der Waals surface area contributed by atoms with Crippen LogP contribution in [0.25, 0.3) is 0 Å². The number of esters is 1. The van der Waals surface area contributed by atoms with Crippen molar-refractivity contribution in [2.24, 2.45) is 5.92 Å². The summed E-state index contributed by atoms with van der Waals surface area (Å²) in [5.41, 5.74) is 0.956. The van der Waals surface area contributed by atoms with E-state index in [1.165, 1.54) is 18.4 Å². The van der Waals surface area contributed by atoms with E-state index < -0.39 is 6.09 Å². The van der Waals surface area contributed by atoms with Gasteiger partial charge in [0.15, 0.2) is 5.13 Å². The average Bonchev–Trinajstić information content (AvgIpc) is 2.79. The van der Waals surface area contributed by atoms with Gasteiger partial charge in [0.05, 0.1) is 25.3 Å². The monoisotopic (exact) mass is 284 g/mol. The number of aromatic nitrogens is 1. The summed E-state index contributed by atoms with van der Waals surface area (Å²) in [5, 5.41) is 3.06. The zero-order valence-corrected chi connectivity index (χ0v) is 11.7. The van der Waals surface area contributed by atoms with Crippen LogP contribution in [0.4, 0.5) is 9.93 Å². The summed E-state index contributed by atoms with van der Waals surface area (Å²) in [4.78, 5) is 28.2. The second-order valence-electron chi connectivity index (χ2n) is 4.20. The van der Waals surface area contributed by atoms with E-state index in [9.17, 15) is 9.59 Å². The van der Waals surface area contributed by atoms with Crippen LogP contribution in [0.2, 0.25) is 0 Å². The van der Waals surface area contributed by atoms with E-state index in [0.29, 0.717) is 18.2 Å². The van der Waals surface area contributed by atoms with E-state index in [1.807, 2.05) is 0 Å². The number of nitrogens with one attached hydrogen (secondary N) is 1. The topological polar surface area (TPSA) is 77.5 Å². The van der Waals surface area contributed by atoms with Crippen molar-refractivity contribution in [3.8, 4) is 0 Å². The quantitative estimate of drug-likeness (QED) is 0.859. The molecule has 0 bridgehead atoms. The number of nitrogens with zero attached hydrogens (tertiary/aromatic N) is 1. The molecule has 1 aromatic rings. The Hall–Kier alpha value is -1.63. The van der Waals surface area contributed by atoms with Crippen LogP contribution in [0.15, 0.2) is 0 Å². The smallest absolute Gasteiger partial charge is 0.413 e. The van der Waals surface area contributed by atoms with Gasteiger partial charge in [-0.25, -0.2) is 9.78 Å². The first-order valence-electron chi connectivity index (χ1n) is 6.14. The molecule has 0 radical (unpaired) electrons. The van der Waals surface area contributed by atoms with Crippen LogP contribution < -0.4 is 5.32 Å². The second-order valence-corrected chi connectivity index (χ2v) is 5.28. The molecule has 1 unspecified atom stereocenters. The summed E-state index contributed by atoms with van der Waals surface area (Å²) in [6.07, 6.45) is 1.58. The molecule has 1 aliphatic rings. The number of amides is 1. The van der Waals surface area contributed by atoms with Gasteiger partial charge in [-0.2, -0.15) is 0 Å². The van der Waals surface area contributed by atoms with Crippen LogP contribution in [-0.4, -0.2) is 30.8 Å². The number of ether oxygens (including phenoxy) is 2. The van der Waals surface area contributed by atoms with Crippen molar-refractivity contribution in [2.45, 2.75) is 26.2 Å². The van der Waals surface area contributed by atoms with Gasteiger partial charge in [0.2, 0.25) is 0 Å². The van der Waals surface area contributed by atoms with E-state index in [1.54, 1.807) is 6.92 Å². The Kier molecular flexibility index (Phi) is 4.36. The molecule has 0 aromatic carbocycles. The normalized spacial score (nSPS) is 17.5. The number of rotatable bonds is 3. The fourth-order valence-corrected chi connectivity index (χ4v) is 3.10. The predicted octanol–water partition coefficient (Wildman–Crippen LogP) is 1.99. The first kappa shape index (κ1) is 13.8. The molecular formula is C12H16N2O4S. The fourth-order valence-electron chi connectivity index (χ4n) is 2.03. The van der Waals surface area contributed by atoms with E-state index in [2.05, 4.69) is 15.0 Å². The van der Waals surface area contributed by atoms with Gasteiger partial charge in [0, 0.05) is 4.88 Å². The molecule has 1 N–H and O–H groups in total. The molecule has 1 aliphatic carbocycles. The molecule has 2 rings (SSSR count). The van der Waals surface area contributed by atoms with Gasteiger partial charge in [0.25, 0.3) is 0 Å². The van der Waals surface area contributed by atoms with Crippen LogP contribution >= 0.6 is 11.3 Å². The summed E-state index contributed by atoms with van der Waals surface area (Å²) in [5.74, 6) is -0.247. The van der Waals surface area contributed by atoms with Crippen LogP contribution in [-0.2, 0) is 27.1 Å². The minimum absolute atomic E-state index is 0.0983. The number of methoxy groups -OCH3 is 1. The molecule has 104 valence electrons. The molecule has 19 heavy (non-hydrogen) atoms. The third kappa shape index (κ3) is 3.23. The summed E-state index contributed by atoms with van der Waals surface area (Å²) in [6, 6.07) is 0. The van der Waals surface area contributed by atoms with E-state index in [0.717, 1.165) is 23.4 Å². The van der Waals surface area contributed by atoms with Gasteiger partial charge < -0.3 is 9.47 Å². The van der Waals surface area contributed by atoms with Gasteiger partial charge in [-0.1, -0.05) is 0 Å². The molecule has 1 amide bonds. The fraction of sp³-hybridized carbons (Fsp3) is 0.583. The maximum Gasteiger partial charge on any atom is 0.413 e. The van der Waals surface area contributed by atoms with Crippen LogP contribution in [0, 0.1) is 5.92 Å². The Morgan fingerprint density at radius 3 is 3.00 bits per heavy atom. The van der Waals surface area contributed by atoms with E-state index in [4.69, 9.17) is 4.74 Å². The Bertz CT molecular complexity index is 486. The van der Waals surface area contributed by atoms with Crippen molar-refractivity contribution in [3.63, 3.8) is 0 Å². The largest absolute Gasteiger partial charge is 0.466 e. The highest BCUT2D eigenvalue weighted by Crippen LogP contribution is 2.32. The molecule has 6 nitrogen and oxygen atoms in total. The van der Waals surface area contributed by atoms with Gasteiger partial charge >= 0.3 is 12.1 Å². The van der Waals surface area contributed by atoms with Gasteiger partial charge in [-0.15, -0.1) is 11.3 Å². The molecule has 1 heterocycles. The maximum atomic E-state index is 11.7. The summed E-state index contributed by atoms with van der Waals surface area (Å²) in [6.45, 7) is 2.21. The number of carbonyl (C=O) groups is 2. The summed E-state index contributed by atoms with van der Waals surface area (Å²) >= 11 is 1.39. The first-order valence-corrected chi connectivity index (χ1v) is 6.95. The van der Waals surface area contributed by atoms with Crippen molar-refractivity contribution in [3.05, 3.63) is 10.6 Å². The molecular weight excluding hydrogens is 268 g/mol. The Balaban J connectivity index is 2.04. The minimum Gasteiger partial charge on any atom is -0.466 e. The lowest BCUT2D eigenvalue weighted by Gasteiger charge is -2.18. The minimum atomic E-state index is -0.534. The number of hydrogen-bond acceptors (Lipinski definition) is 6. The highest BCUT2D eigenvalue weighted by molar-refractivity contribution is 7.15. The lowest BCUT2D eigenvalue weighted by molar-refractivity contribution is -0.148. The number of fused-ring (bicyclic) bond motifs is 1. The molecule has 0 saturated carbocycles. The zero-order valence-electron chi connectivity index (χ0n) is 10.9. The number of aryl methyl sites for hydroxylation is 1. The van der Waals surface area contributed by atoms with Crippen LogP contribution in [0.3, 0.4) is 0 Å². The first-order chi connectivity index (χ1) is 9.13. The van der Waals surface area contributed by atoms with Gasteiger partial charge in [-0.05, 0) is 26.2 Å².